The van der Waals surface area contributed by atoms with Crippen molar-refractivity contribution in [2.45, 2.75) is 69.9 Å². The van der Waals surface area contributed by atoms with Gasteiger partial charge in [0, 0.05) is 24.9 Å². The second-order valence-corrected chi connectivity index (χ2v) is 6.20. The monoisotopic (exact) mass is 293 g/mol. The number of aliphatic hydroxyl groups excluding tert-OH is 1. The van der Waals surface area contributed by atoms with Crippen molar-refractivity contribution in [3.8, 4) is 0 Å². The molecule has 1 aliphatic rings. The van der Waals surface area contributed by atoms with Crippen LogP contribution < -0.4 is 5.32 Å². The maximum atomic E-state index is 12.4. The van der Waals surface area contributed by atoms with Crippen molar-refractivity contribution in [1.82, 2.24) is 14.9 Å². The number of hydrogen-bond acceptors (Lipinski definition) is 3. The van der Waals surface area contributed by atoms with Crippen LogP contribution in [0.4, 0.5) is 0 Å². The van der Waals surface area contributed by atoms with Gasteiger partial charge in [-0.2, -0.15) is 0 Å². The number of carbonyl (C=O) groups is 1. The predicted molar refractivity (Wildman–Crippen MR) is 81.8 cm³/mol. The van der Waals surface area contributed by atoms with E-state index in [0.717, 1.165) is 38.5 Å². The fourth-order valence-electron chi connectivity index (χ4n) is 3.29. The first-order valence-corrected chi connectivity index (χ1v) is 8.08. The lowest BCUT2D eigenvalue weighted by Gasteiger charge is -2.37. The van der Waals surface area contributed by atoms with Crippen molar-refractivity contribution in [1.29, 1.82) is 0 Å². The number of nitrogens with zero attached hydrogens (tertiary/aromatic N) is 2. The Bertz CT molecular complexity index is 425. The van der Waals surface area contributed by atoms with E-state index >= 15 is 0 Å². The highest BCUT2D eigenvalue weighted by Gasteiger charge is 2.33. The highest BCUT2D eigenvalue weighted by molar-refractivity contribution is 5.77. The quantitative estimate of drug-likeness (QED) is 0.811. The Morgan fingerprint density at radius 2 is 2.19 bits per heavy atom. The van der Waals surface area contributed by atoms with E-state index in [9.17, 15) is 9.90 Å². The van der Waals surface area contributed by atoms with E-state index in [1.807, 2.05) is 10.8 Å². The lowest BCUT2D eigenvalue weighted by molar-refractivity contribution is -0.125. The predicted octanol–water partition coefficient (Wildman–Crippen LogP) is 2.43. The zero-order chi connectivity index (χ0) is 15.1. The van der Waals surface area contributed by atoms with Crippen LogP contribution in [0.15, 0.2) is 18.7 Å². The van der Waals surface area contributed by atoms with Crippen molar-refractivity contribution in [2.24, 2.45) is 0 Å². The summed E-state index contributed by atoms with van der Waals surface area (Å²) in [5, 5.41) is 12.8. The molecule has 1 atom stereocenters. The molecule has 0 spiro atoms. The Morgan fingerprint density at radius 3 is 2.76 bits per heavy atom. The highest BCUT2D eigenvalue weighted by Crippen LogP contribution is 2.28. The molecule has 1 aliphatic carbocycles. The molecule has 5 nitrogen and oxygen atoms in total. The smallest absolute Gasteiger partial charge is 0.222 e. The molecule has 1 aromatic rings. The highest BCUT2D eigenvalue weighted by atomic mass is 16.3. The molecule has 1 saturated carbocycles. The summed E-state index contributed by atoms with van der Waals surface area (Å²) in [6.07, 6.45) is 13.0. The summed E-state index contributed by atoms with van der Waals surface area (Å²) in [6, 6.07) is 0.150. The van der Waals surface area contributed by atoms with Crippen LogP contribution in [-0.2, 0) is 4.79 Å². The minimum atomic E-state index is -0.388. The van der Waals surface area contributed by atoms with Crippen LogP contribution in [0.2, 0.25) is 0 Å². The van der Waals surface area contributed by atoms with E-state index in [1.165, 1.54) is 6.42 Å². The third kappa shape index (κ3) is 4.30. The van der Waals surface area contributed by atoms with E-state index < -0.39 is 0 Å². The Morgan fingerprint density at radius 1 is 1.43 bits per heavy atom. The fourth-order valence-corrected chi connectivity index (χ4v) is 3.29. The number of amides is 1. The summed E-state index contributed by atoms with van der Waals surface area (Å²) in [4.78, 5) is 16.5. The van der Waals surface area contributed by atoms with Gasteiger partial charge in [0.2, 0.25) is 5.91 Å². The SMILES string of the molecule is CCCC(CC(=O)NC1(CO)CCCCC1)n1ccnc1. The molecule has 1 aromatic heterocycles. The van der Waals surface area contributed by atoms with Gasteiger partial charge < -0.3 is 15.0 Å². The molecule has 0 saturated heterocycles. The van der Waals surface area contributed by atoms with Gasteiger partial charge in [0.25, 0.3) is 0 Å². The number of carbonyl (C=O) groups excluding carboxylic acids is 1. The van der Waals surface area contributed by atoms with E-state index in [1.54, 1.807) is 12.5 Å². The van der Waals surface area contributed by atoms with Crippen LogP contribution >= 0.6 is 0 Å². The normalized spacial score (nSPS) is 19.1. The largest absolute Gasteiger partial charge is 0.394 e. The van der Waals surface area contributed by atoms with Crippen LogP contribution in [0.1, 0.15) is 64.3 Å². The number of aliphatic hydroxyl groups is 1. The molecule has 118 valence electrons. The first-order valence-electron chi connectivity index (χ1n) is 8.08. The zero-order valence-electron chi connectivity index (χ0n) is 12.9. The summed E-state index contributed by atoms with van der Waals surface area (Å²) < 4.78 is 2.01. The Hall–Kier alpha value is -1.36. The molecule has 1 fully saturated rings. The minimum absolute atomic E-state index is 0.0399. The van der Waals surface area contributed by atoms with Gasteiger partial charge in [0.05, 0.1) is 18.5 Å². The number of imidazole rings is 1. The van der Waals surface area contributed by atoms with Crippen LogP contribution in [0.25, 0.3) is 0 Å². The zero-order valence-corrected chi connectivity index (χ0v) is 12.9. The third-order valence-corrected chi connectivity index (χ3v) is 4.51. The van der Waals surface area contributed by atoms with E-state index in [0.29, 0.717) is 6.42 Å². The number of rotatable bonds is 7. The van der Waals surface area contributed by atoms with E-state index in [-0.39, 0.29) is 24.1 Å². The summed E-state index contributed by atoms with van der Waals surface area (Å²) in [5.74, 6) is 0.0399. The molecule has 2 N–H and O–H groups in total. The Labute approximate surface area is 126 Å². The Kier molecular flexibility index (Phi) is 5.79. The second kappa shape index (κ2) is 7.59. The van der Waals surface area contributed by atoms with Crippen molar-refractivity contribution in [2.75, 3.05) is 6.61 Å². The van der Waals surface area contributed by atoms with Crippen LogP contribution in [0, 0.1) is 0 Å². The molecular formula is C16H27N3O2. The second-order valence-electron chi connectivity index (χ2n) is 6.20. The molecule has 1 unspecified atom stereocenters. The van der Waals surface area contributed by atoms with Crippen molar-refractivity contribution in [3.05, 3.63) is 18.7 Å². The number of nitrogens with one attached hydrogen (secondary N) is 1. The van der Waals surface area contributed by atoms with Crippen LogP contribution in [0.5, 0.6) is 0 Å². The van der Waals surface area contributed by atoms with Gasteiger partial charge in [-0.1, -0.05) is 32.6 Å². The molecule has 1 heterocycles. The van der Waals surface area contributed by atoms with E-state index in [2.05, 4.69) is 17.2 Å². The van der Waals surface area contributed by atoms with Crippen LogP contribution in [0.3, 0.4) is 0 Å². The molecule has 0 radical (unpaired) electrons. The number of aromatic nitrogens is 2. The van der Waals surface area contributed by atoms with Gasteiger partial charge in [-0.05, 0) is 19.3 Å². The molecule has 5 heteroatoms. The van der Waals surface area contributed by atoms with Crippen molar-refractivity contribution in [3.63, 3.8) is 0 Å². The van der Waals surface area contributed by atoms with Gasteiger partial charge in [-0.15, -0.1) is 0 Å². The summed E-state index contributed by atoms with van der Waals surface area (Å²) in [7, 11) is 0. The molecule has 2 rings (SSSR count). The standard InChI is InChI=1S/C16H27N3O2/c1-2-6-14(19-10-9-17-13-19)11-15(21)18-16(12-20)7-4-3-5-8-16/h9-10,13-14,20H,2-8,11-12H2,1H3,(H,18,21). The molecule has 0 aliphatic heterocycles. The first kappa shape index (κ1) is 16.0. The molecule has 21 heavy (non-hydrogen) atoms. The molecular weight excluding hydrogens is 266 g/mol. The summed E-state index contributed by atoms with van der Waals surface area (Å²) in [5.41, 5.74) is -0.388. The van der Waals surface area contributed by atoms with Crippen molar-refractivity contribution < 1.29 is 9.90 Å². The first-order chi connectivity index (χ1) is 10.2. The number of hydrogen-bond donors (Lipinski definition) is 2. The average molecular weight is 293 g/mol. The van der Waals surface area contributed by atoms with E-state index in [4.69, 9.17) is 0 Å². The molecule has 1 amide bonds. The fraction of sp³-hybridized carbons (Fsp3) is 0.750. The summed E-state index contributed by atoms with van der Waals surface area (Å²) >= 11 is 0. The Balaban J connectivity index is 1.95. The minimum Gasteiger partial charge on any atom is -0.394 e. The van der Waals surface area contributed by atoms with Gasteiger partial charge in [-0.25, -0.2) is 4.98 Å². The maximum Gasteiger partial charge on any atom is 0.222 e. The van der Waals surface area contributed by atoms with Gasteiger partial charge in [-0.3, -0.25) is 4.79 Å². The molecule has 0 bridgehead atoms. The van der Waals surface area contributed by atoms with Gasteiger partial charge in [0.1, 0.15) is 0 Å². The maximum absolute atomic E-state index is 12.4. The lowest BCUT2D eigenvalue weighted by atomic mass is 9.82. The summed E-state index contributed by atoms with van der Waals surface area (Å²) in [6.45, 7) is 2.17. The van der Waals surface area contributed by atoms with Crippen molar-refractivity contribution >= 4 is 5.91 Å². The molecule has 0 aromatic carbocycles. The average Bonchev–Trinajstić information content (AvgIpc) is 3.02. The van der Waals surface area contributed by atoms with Crippen LogP contribution in [-0.4, -0.2) is 32.7 Å². The van der Waals surface area contributed by atoms with Gasteiger partial charge in [0.15, 0.2) is 0 Å². The third-order valence-electron chi connectivity index (χ3n) is 4.51. The van der Waals surface area contributed by atoms with Gasteiger partial charge >= 0.3 is 0 Å². The topological polar surface area (TPSA) is 67.2 Å². The lowest BCUT2D eigenvalue weighted by Crippen LogP contribution is -2.52.